The first-order valence-corrected chi connectivity index (χ1v) is 5.04. The second-order valence-electron chi connectivity index (χ2n) is 2.38. The lowest BCUT2D eigenvalue weighted by molar-refractivity contribution is -0.146. The molecule has 0 atom stereocenters. The van der Waals surface area contributed by atoms with Gasteiger partial charge in [-0.05, 0) is 19.1 Å². The molecule has 0 saturated heterocycles. The van der Waals surface area contributed by atoms with Crippen molar-refractivity contribution >= 4 is 29.2 Å². The molecule has 1 rings (SSSR count). The number of rotatable bonds is 2. The Bertz CT molecular complexity index is 281. The zero-order valence-corrected chi connectivity index (χ0v) is 9.76. The third-order valence-corrected chi connectivity index (χ3v) is 2.01. The lowest BCUT2D eigenvalue weighted by atomic mass is 10.4. The van der Waals surface area contributed by atoms with Crippen LogP contribution in [-0.2, 0) is 9.53 Å². The van der Waals surface area contributed by atoms with Crippen molar-refractivity contribution in [3.63, 3.8) is 0 Å². The Kier molecular flexibility index (Phi) is 8.09. The van der Waals surface area contributed by atoms with Crippen LogP contribution >= 0.6 is 23.2 Å². The van der Waals surface area contributed by atoms with Gasteiger partial charge in [0, 0.05) is 0 Å². The number of aliphatic hydroxyl groups is 1. The third-order valence-electron chi connectivity index (χ3n) is 1.26. The van der Waals surface area contributed by atoms with Gasteiger partial charge in [-0.2, -0.15) is 0 Å². The summed E-state index contributed by atoms with van der Waals surface area (Å²) in [6.45, 7) is 1.50. The molecule has 0 unspecified atom stereocenters. The number of esters is 1. The van der Waals surface area contributed by atoms with Crippen LogP contribution in [0.5, 0.6) is 0 Å². The average molecular weight is 251 g/mol. The smallest absolute Gasteiger partial charge is 0.331 e. The quantitative estimate of drug-likeness (QED) is 0.821. The number of hydrogen-bond acceptors (Lipinski definition) is 3. The van der Waals surface area contributed by atoms with Crippen molar-refractivity contribution < 1.29 is 14.6 Å². The van der Waals surface area contributed by atoms with E-state index in [4.69, 9.17) is 28.3 Å². The van der Waals surface area contributed by atoms with E-state index in [9.17, 15) is 4.79 Å². The van der Waals surface area contributed by atoms with E-state index in [-0.39, 0.29) is 0 Å². The second-order valence-corrected chi connectivity index (χ2v) is 3.19. The molecule has 0 bridgehead atoms. The zero-order chi connectivity index (χ0) is 11.7. The minimum atomic E-state index is -0.567. The molecule has 0 aliphatic carbocycles. The fourth-order valence-corrected chi connectivity index (χ4v) is 0.917. The van der Waals surface area contributed by atoms with E-state index in [1.165, 1.54) is 0 Å². The Hall–Kier alpha value is -0.770. The van der Waals surface area contributed by atoms with Gasteiger partial charge in [0.1, 0.15) is 6.61 Å². The molecule has 0 amide bonds. The predicted molar refractivity (Wildman–Crippen MR) is 60.2 cm³/mol. The Labute approximate surface area is 98.6 Å². The largest absolute Gasteiger partial charge is 0.464 e. The lowest BCUT2D eigenvalue weighted by Gasteiger charge is -1.93. The van der Waals surface area contributed by atoms with Crippen LogP contribution in [0.3, 0.4) is 0 Å². The molecule has 0 aromatic heterocycles. The molecule has 15 heavy (non-hydrogen) atoms. The first-order valence-electron chi connectivity index (χ1n) is 4.28. The SMILES string of the molecule is CCOC(=O)CO.Clc1ccccc1Cl. The number of carbonyl (C=O) groups is 1. The van der Waals surface area contributed by atoms with E-state index in [0.717, 1.165) is 0 Å². The Morgan fingerprint density at radius 2 is 1.80 bits per heavy atom. The van der Waals surface area contributed by atoms with Crippen LogP contribution in [0, 0.1) is 0 Å². The van der Waals surface area contributed by atoms with Gasteiger partial charge in [0.2, 0.25) is 0 Å². The number of benzene rings is 1. The molecular formula is C10H12Cl2O3. The maximum Gasteiger partial charge on any atom is 0.331 e. The van der Waals surface area contributed by atoms with Crippen molar-refractivity contribution in [1.29, 1.82) is 0 Å². The van der Waals surface area contributed by atoms with Gasteiger partial charge in [0.25, 0.3) is 0 Å². The molecule has 84 valence electrons. The summed E-state index contributed by atoms with van der Waals surface area (Å²) < 4.78 is 4.30. The van der Waals surface area contributed by atoms with Crippen LogP contribution in [0.25, 0.3) is 0 Å². The standard InChI is InChI=1S/C6H4Cl2.C4H8O3/c7-5-3-1-2-4-6(5)8;1-2-7-4(6)3-5/h1-4H;5H,2-3H2,1H3. The average Bonchev–Trinajstić information content (AvgIpc) is 2.24. The highest BCUT2D eigenvalue weighted by molar-refractivity contribution is 6.41. The molecule has 0 heterocycles. The van der Waals surface area contributed by atoms with Crippen LogP contribution < -0.4 is 0 Å². The summed E-state index contributed by atoms with van der Waals surface area (Å²) in [4.78, 5) is 9.94. The first kappa shape index (κ1) is 14.2. The Morgan fingerprint density at radius 3 is 2.00 bits per heavy atom. The van der Waals surface area contributed by atoms with Gasteiger partial charge in [-0.25, -0.2) is 4.79 Å². The van der Waals surface area contributed by atoms with Gasteiger partial charge < -0.3 is 9.84 Å². The summed E-state index contributed by atoms with van der Waals surface area (Å²) in [5.41, 5.74) is 0. The van der Waals surface area contributed by atoms with Gasteiger partial charge in [0.15, 0.2) is 0 Å². The van der Waals surface area contributed by atoms with Crippen molar-refractivity contribution in [2.45, 2.75) is 6.92 Å². The zero-order valence-electron chi connectivity index (χ0n) is 8.24. The van der Waals surface area contributed by atoms with E-state index >= 15 is 0 Å². The van der Waals surface area contributed by atoms with E-state index in [1.807, 2.05) is 12.1 Å². The highest BCUT2D eigenvalue weighted by Gasteiger charge is 1.92. The van der Waals surface area contributed by atoms with Gasteiger partial charge in [-0.1, -0.05) is 35.3 Å². The summed E-state index contributed by atoms with van der Waals surface area (Å²) in [5, 5.41) is 9.20. The molecule has 1 aromatic rings. The van der Waals surface area contributed by atoms with E-state index in [2.05, 4.69) is 4.74 Å². The molecular weight excluding hydrogens is 239 g/mol. The number of halogens is 2. The Morgan fingerprint density at radius 1 is 1.33 bits per heavy atom. The summed E-state index contributed by atoms with van der Waals surface area (Å²) in [7, 11) is 0. The van der Waals surface area contributed by atoms with Crippen molar-refractivity contribution in [1.82, 2.24) is 0 Å². The van der Waals surface area contributed by atoms with E-state index in [0.29, 0.717) is 16.7 Å². The van der Waals surface area contributed by atoms with Crippen LogP contribution in [0.2, 0.25) is 10.0 Å². The number of aliphatic hydroxyl groups excluding tert-OH is 1. The summed E-state index contributed by atoms with van der Waals surface area (Å²) in [5.74, 6) is -0.567. The highest BCUT2D eigenvalue weighted by atomic mass is 35.5. The van der Waals surface area contributed by atoms with Gasteiger partial charge >= 0.3 is 5.97 Å². The predicted octanol–water partition coefficient (Wildman–Crippen LogP) is 2.54. The van der Waals surface area contributed by atoms with Crippen molar-refractivity contribution in [3.8, 4) is 0 Å². The summed E-state index contributed by atoms with van der Waals surface area (Å²) >= 11 is 11.2. The van der Waals surface area contributed by atoms with Crippen LogP contribution in [0.1, 0.15) is 6.92 Å². The van der Waals surface area contributed by atoms with Gasteiger partial charge in [-0.15, -0.1) is 0 Å². The summed E-state index contributed by atoms with van der Waals surface area (Å²) in [6.07, 6.45) is 0. The van der Waals surface area contributed by atoms with Gasteiger partial charge in [-0.3, -0.25) is 0 Å². The van der Waals surface area contributed by atoms with Crippen LogP contribution in [0.4, 0.5) is 0 Å². The lowest BCUT2D eigenvalue weighted by Crippen LogP contribution is -2.07. The first-order chi connectivity index (χ1) is 7.11. The van der Waals surface area contributed by atoms with E-state index in [1.54, 1.807) is 19.1 Å². The van der Waals surface area contributed by atoms with Crippen LogP contribution in [-0.4, -0.2) is 24.3 Å². The molecule has 1 aromatic carbocycles. The molecule has 0 saturated carbocycles. The number of hydrogen-bond donors (Lipinski definition) is 1. The number of carbonyl (C=O) groups excluding carboxylic acids is 1. The van der Waals surface area contributed by atoms with Crippen molar-refractivity contribution in [2.75, 3.05) is 13.2 Å². The molecule has 0 fully saturated rings. The fourth-order valence-electron chi connectivity index (χ4n) is 0.646. The molecule has 0 radical (unpaired) electrons. The van der Waals surface area contributed by atoms with Crippen LogP contribution in [0.15, 0.2) is 24.3 Å². The molecule has 1 N–H and O–H groups in total. The normalized spacial score (nSPS) is 8.80. The highest BCUT2D eigenvalue weighted by Crippen LogP contribution is 2.19. The minimum Gasteiger partial charge on any atom is -0.464 e. The molecule has 0 spiro atoms. The molecule has 0 aliphatic rings. The van der Waals surface area contributed by atoms with Crippen molar-refractivity contribution in [2.24, 2.45) is 0 Å². The third kappa shape index (κ3) is 7.19. The summed E-state index contributed by atoms with van der Waals surface area (Å²) in [6, 6.07) is 7.19. The maximum absolute atomic E-state index is 9.94. The minimum absolute atomic E-state index is 0.333. The van der Waals surface area contributed by atoms with Crippen molar-refractivity contribution in [3.05, 3.63) is 34.3 Å². The second kappa shape index (κ2) is 8.53. The molecule has 0 aliphatic heterocycles. The number of ether oxygens (including phenoxy) is 1. The van der Waals surface area contributed by atoms with E-state index < -0.39 is 12.6 Å². The molecule has 5 heteroatoms. The maximum atomic E-state index is 9.94. The molecule has 3 nitrogen and oxygen atoms in total. The fraction of sp³-hybridized carbons (Fsp3) is 0.300. The monoisotopic (exact) mass is 250 g/mol. The Balaban J connectivity index is 0.000000265. The topological polar surface area (TPSA) is 46.5 Å². The van der Waals surface area contributed by atoms with Gasteiger partial charge in [0.05, 0.1) is 16.7 Å².